The van der Waals surface area contributed by atoms with Crippen LogP contribution in [0.5, 0.6) is 5.88 Å². The van der Waals surface area contributed by atoms with Crippen LogP contribution in [0.25, 0.3) is 16.9 Å². The number of fused-ring (bicyclic) bond motifs is 1. The maximum absolute atomic E-state index is 12.3. The van der Waals surface area contributed by atoms with Gasteiger partial charge in [-0.1, -0.05) is 60.7 Å². The summed E-state index contributed by atoms with van der Waals surface area (Å²) in [6.07, 6.45) is 7.23. The number of rotatable bonds is 9. The van der Waals surface area contributed by atoms with Crippen LogP contribution in [0.4, 0.5) is 0 Å². The third-order valence-electron chi connectivity index (χ3n) is 6.05. The number of carbonyl (C=O) groups is 1. The summed E-state index contributed by atoms with van der Waals surface area (Å²) in [5.41, 5.74) is 5.24. The average molecular weight is 506 g/mol. The van der Waals surface area contributed by atoms with E-state index in [-0.39, 0.29) is 6.79 Å². The fourth-order valence-corrected chi connectivity index (χ4v) is 4.24. The smallest absolute Gasteiger partial charge is 0.344 e. The van der Waals surface area contributed by atoms with Gasteiger partial charge in [-0.15, -0.1) is 0 Å². The standard InChI is InChI=1S/C30H23N3O5/c34-30(23-13-15-35-19-23)38-20-37-29-26(17-24-12-7-14-36-24)32-28-25(16-21-8-3-1-4-9-21)31-27(18-33(28)29)22-10-5-2-6-11-22/h1-15,18-19H,16-17,20H2. The highest BCUT2D eigenvalue weighted by molar-refractivity contribution is 5.88. The molecule has 0 bridgehead atoms. The molecule has 38 heavy (non-hydrogen) atoms. The molecular formula is C30H23N3O5. The molecule has 0 fully saturated rings. The molecule has 2 aromatic carbocycles. The Kier molecular flexibility index (Phi) is 6.42. The molecular weight excluding hydrogens is 482 g/mol. The Morgan fingerprint density at radius 1 is 0.842 bits per heavy atom. The zero-order chi connectivity index (χ0) is 25.7. The quantitative estimate of drug-likeness (QED) is 0.177. The van der Waals surface area contributed by atoms with Crippen molar-refractivity contribution in [2.24, 2.45) is 0 Å². The van der Waals surface area contributed by atoms with Gasteiger partial charge in [0.25, 0.3) is 0 Å². The third kappa shape index (κ3) is 4.92. The molecule has 0 saturated carbocycles. The van der Waals surface area contributed by atoms with E-state index in [2.05, 4.69) is 12.1 Å². The normalized spacial score (nSPS) is 11.1. The molecule has 8 nitrogen and oxygen atoms in total. The van der Waals surface area contributed by atoms with Gasteiger partial charge in [0.2, 0.25) is 12.7 Å². The van der Waals surface area contributed by atoms with Gasteiger partial charge in [0.05, 0.1) is 35.9 Å². The lowest BCUT2D eigenvalue weighted by molar-refractivity contribution is 0.0135. The van der Waals surface area contributed by atoms with Crippen molar-refractivity contribution in [3.8, 4) is 17.1 Å². The Bertz CT molecular complexity index is 1640. The minimum Gasteiger partial charge on any atom is -0.472 e. The molecule has 0 aliphatic rings. The van der Waals surface area contributed by atoms with Gasteiger partial charge in [-0.05, 0) is 23.8 Å². The van der Waals surface area contributed by atoms with E-state index >= 15 is 0 Å². The van der Waals surface area contributed by atoms with Crippen molar-refractivity contribution in [2.45, 2.75) is 12.8 Å². The topological polar surface area (TPSA) is 92.0 Å². The first-order chi connectivity index (χ1) is 18.7. The van der Waals surface area contributed by atoms with E-state index in [0.717, 1.165) is 28.3 Å². The van der Waals surface area contributed by atoms with E-state index in [0.29, 0.717) is 35.6 Å². The molecule has 6 aromatic rings. The van der Waals surface area contributed by atoms with Crippen molar-refractivity contribution in [3.05, 3.63) is 132 Å². The second-order valence-electron chi connectivity index (χ2n) is 8.62. The maximum atomic E-state index is 12.3. The van der Waals surface area contributed by atoms with Crippen LogP contribution in [0.1, 0.15) is 33.1 Å². The minimum atomic E-state index is -0.545. The molecule has 4 heterocycles. The lowest BCUT2D eigenvalue weighted by atomic mass is 10.1. The van der Waals surface area contributed by atoms with Crippen molar-refractivity contribution in [1.29, 1.82) is 0 Å². The zero-order valence-corrected chi connectivity index (χ0v) is 20.3. The SMILES string of the molecule is O=C(OCOc1c(Cc2ccco2)nc2c(Cc3ccccc3)nc(-c3ccccc3)cn12)c1ccoc1. The highest BCUT2D eigenvalue weighted by Gasteiger charge is 2.21. The predicted molar refractivity (Wildman–Crippen MR) is 139 cm³/mol. The van der Waals surface area contributed by atoms with Gasteiger partial charge in [-0.3, -0.25) is 4.40 Å². The fraction of sp³-hybridized carbons (Fsp3) is 0.100. The van der Waals surface area contributed by atoms with Gasteiger partial charge in [0.1, 0.15) is 17.7 Å². The molecule has 0 aliphatic heterocycles. The monoisotopic (exact) mass is 505 g/mol. The average Bonchev–Trinajstić information content (AvgIpc) is 3.73. The predicted octanol–water partition coefficient (Wildman–Crippen LogP) is 5.96. The molecule has 0 unspecified atom stereocenters. The molecule has 8 heteroatoms. The van der Waals surface area contributed by atoms with Crippen LogP contribution in [0.2, 0.25) is 0 Å². The van der Waals surface area contributed by atoms with Crippen LogP contribution in [0.3, 0.4) is 0 Å². The number of imidazole rings is 1. The summed E-state index contributed by atoms with van der Waals surface area (Å²) >= 11 is 0. The highest BCUT2D eigenvalue weighted by atomic mass is 16.7. The summed E-state index contributed by atoms with van der Waals surface area (Å²) in [5, 5.41) is 0. The highest BCUT2D eigenvalue weighted by Crippen LogP contribution is 2.29. The minimum absolute atomic E-state index is 0.306. The Balaban J connectivity index is 1.43. The van der Waals surface area contributed by atoms with Crippen molar-refractivity contribution >= 4 is 11.6 Å². The van der Waals surface area contributed by atoms with Gasteiger partial charge < -0.3 is 18.3 Å². The van der Waals surface area contributed by atoms with Crippen LogP contribution < -0.4 is 4.74 Å². The summed E-state index contributed by atoms with van der Waals surface area (Å²) in [6, 6.07) is 25.3. The first-order valence-corrected chi connectivity index (χ1v) is 12.1. The zero-order valence-electron chi connectivity index (χ0n) is 20.3. The number of aromatic nitrogens is 3. The molecule has 0 aliphatic carbocycles. The maximum Gasteiger partial charge on any atom is 0.344 e. The number of esters is 1. The van der Waals surface area contributed by atoms with Crippen molar-refractivity contribution < 1.29 is 23.1 Å². The van der Waals surface area contributed by atoms with E-state index in [4.69, 9.17) is 28.3 Å². The molecule has 0 radical (unpaired) electrons. The Morgan fingerprint density at radius 2 is 1.66 bits per heavy atom. The third-order valence-corrected chi connectivity index (χ3v) is 6.05. The molecule has 6 rings (SSSR count). The van der Waals surface area contributed by atoms with Crippen molar-refractivity contribution in [1.82, 2.24) is 14.4 Å². The molecule has 4 aromatic heterocycles. The first kappa shape index (κ1) is 23.3. The summed E-state index contributed by atoms with van der Waals surface area (Å²) < 4.78 is 23.8. The Labute approximate surface area is 218 Å². The van der Waals surface area contributed by atoms with E-state index in [1.165, 1.54) is 18.6 Å². The van der Waals surface area contributed by atoms with Crippen molar-refractivity contribution in [2.75, 3.05) is 6.79 Å². The van der Waals surface area contributed by atoms with Gasteiger partial charge in [-0.25, -0.2) is 14.8 Å². The number of hydrogen-bond donors (Lipinski definition) is 0. The first-order valence-electron chi connectivity index (χ1n) is 12.1. The van der Waals surface area contributed by atoms with Crippen molar-refractivity contribution in [3.63, 3.8) is 0 Å². The second kappa shape index (κ2) is 10.5. The lowest BCUT2D eigenvalue weighted by Crippen LogP contribution is -2.12. The number of benzene rings is 2. The number of carbonyl (C=O) groups excluding carboxylic acids is 1. The Morgan fingerprint density at radius 3 is 2.39 bits per heavy atom. The molecule has 0 spiro atoms. The van der Waals surface area contributed by atoms with Crippen LogP contribution in [0.15, 0.2) is 113 Å². The van der Waals surface area contributed by atoms with Crippen LogP contribution in [-0.4, -0.2) is 27.1 Å². The van der Waals surface area contributed by atoms with E-state index in [1.807, 2.05) is 71.3 Å². The number of ether oxygens (including phenoxy) is 2. The summed E-state index contributed by atoms with van der Waals surface area (Å²) in [4.78, 5) is 22.3. The van der Waals surface area contributed by atoms with Crippen LogP contribution in [-0.2, 0) is 17.6 Å². The van der Waals surface area contributed by atoms with Gasteiger partial charge >= 0.3 is 5.97 Å². The van der Waals surface area contributed by atoms with Crippen LogP contribution >= 0.6 is 0 Å². The number of nitrogens with zero attached hydrogens (tertiary/aromatic N) is 3. The fourth-order valence-electron chi connectivity index (χ4n) is 4.24. The number of hydrogen-bond acceptors (Lipinski definition) is 7. The van der Waals surface area contributed by atoms with E-state index in [1.54, 1.807) is 6.26 Å². The molecule has 0 atom stereocenters. The molecule has 0 amide bonds. The summed E-state index contributed by atoms with van der Waals surface area (Å²) in [6.45, 7) is -0.306. The Hall–Kier alpha value is -5.11. The summed E-state index contributed by atoms with van der Waals surface area (Å²) in [7, 11) is 0. The molecule has 0 N–H and O–H groups in total. The van der Waals surface area contributed by atoms with Crippen LogP contribution in [0, 0.1) is 0 Å². The number of furan rings is 2. The van der Waals surface area contributed by atoms with Gasteiger partial charge in [0.15, 0.2) is 5.65 Å². The molecule has 188 valence electrons. The van der Waals surface area contributed by atoms with E-state index in [9.17, 15) is 4.79 Å². The van der Waals surface area contributed by atoms with Gasteiger partial charge in [-0.2, -0.15) is 0 Å². The summed E-state index contributed by atoms with van der Waals surface area (Å²) in [5.74, 6) is 0.636. The van der Waals surface area contributed by atoms with E-state index < -0.39 is 5.97 Å². The second-order valence-corrected chi connectivity index (χ2v) is 8.62. The largest absolute Gasteiger partial charge is 0.472 e. The van der Waals surface area contributed by atoms with Gasteiger partial charge in [0, 0.05) is 18.2 Å². The molecule has 0 saturated heterocycles. The lowest BCUT2D eigenvalue weighted by Gasteiger charge is -2.11.